The zero-order valence-corrected chi connectivity index (χ0v) is 11.3. The van der Waals surface area contributed by atoms with E-state index < -0.39 is 0 Å². The summed E-state index contributed by atoms with van der Waals surface area (Å²) in [6.45, 7) is 4.19. The molecule has 2 N–H and O–H groups in total. The number of aliphatic hydroxyl groups is 1. The first-order valence-electron chi connectivity index (χ1n) is 6.61. The summed E-state index contributed by atoms with van der Waals surface area (Å²) in [4.78, 5) is 11.8. The smallest absolute Gasteiger partial charge is 0.220 e. The van der Waals surface area contributed by atoms with E-state index in [1.807, 2.05) is 19.1 Å². The second kappa shape index (κ2) is 7.88. The number of nitrogens with one attached hydrogen (secondary N) is 1. The lowest BCUT2D eigenvalue weighted by Gasteiger charge is -2.15. The van der Waals surface area contributed by atoms with Crippen LogP contribution in [0.25, 0.3) is 0 Å². The number of aryl methyl sites for hydroxylation is 2. The molecule has 0 aliphatic carbocycles. The summed E-state index contributed by atoms with van der Waals surface area (Å²) in [5, 5.41) is 11.8. The van der Waals surface area contributed by atoms with Crippen molar-refractivity contribution in [3.63, 3.8) is 0 Å². The third-order valence-corrected chi connectivity index (χ3v) is 3.06. The van der Waals surface area contributed by atoms with Crippen molar-refractivity contribution in [2.75, 3.05) is 6.61 Å². The number of hydrogen-bond donors (Lipinski definition) is 2. The van der Waals surface area contributed by atoms with Crippen molar-refractivity contribution in [2.45, 2.75) is 45.6 Å². The molecule has 1 aromatic rings. The quantitative estimate of drug-likeness (QED) is 0.778. The normalized spacial score (nSPS) is 12.2. The zero-order chi connectivity index (χ0) is 13.4. The number of hydrogen-bond acceptors (Lipinski definition) is 2. The second-order valence-corrected chi connectivity index (χ2v) is 4.67. The number of benzene rings is 1. The van der Waals surface area contributed by atoms with E-state index in [1.165, 1.54) is 11.1 Å². The largest absolute Gasteiger partial charge is 0.396 e. The zero-order valence-electron chi connectivity index (χ0n) is 11.3. The maximum atomic E-state index is 11.8. The molecule has 0 fully saturated rings. The van der Waals surface area contributed by atoms with E-state index in [4.69, 9.17) is 5.11 Å². The Morgan fingerprint density at radius 3 is 2.83 bits per heavy atom. The Kier molecular flexibility index (Phi) is 6.44. The minimum absolute atomic E-state index is 0.0665. The van der Waals surface area contributed by atoms with Gasteiger partial charge in [0.15, 0.2) is 0 Å². The van der Waals surface area contributed by atoms with Crippen molar-refractivity contribution >= 4 is 5.91 Å². The van der Waals surface area contributed by atoms with Crippen molar-refractivity contribution in [3.8, 4) is 0 Å². The Balaban J connectivity index is 2.36. The Hall–Kier alpha value is -1.35. The third kappa shape index (κ3) is 5.32. The number of amides is 1. The van der Waals surface area contributed by atoms with Crippen molar-refractivity contribution in [2.24, 2.45) is 0 Å². The maximum absolute atomic E-state index is 11.8. The first kappa shape index (κ1) is 14.7. The predicted molar refractivity (Wildman–Crippen MR) is 73.4 cm³/mol. The summed E-state index contributed by atoms with van der Waals surface area (Å²) in [6, 6.07) is 8.32. The summed E-state index contributed by atoms with van der Waals surface area (Å²) in [7, 11) is 0. The molecule has 0 bridgehead atoms. The Morgan fingerprint density at radius 2 is 2.22 bits per heavy atom. The second-order valence-electron chi connectivity index (χ2n) is 4.67. The Bertz CT molecular complexity index is 377. The van der Waals surface area contributed by atoms with Gasteiger partial charge in [-0.25, -0.2) is 0 Å². The highest BCUT2D eigenvalue weighted by molar-refractivity contribution is 5.76. The van der Waals surface area contributed by atoms with E-state index in [-0.39, 0.29) is 18.6 Å². The van der Waals surface area contributed by atoms with Gasteiger partial charge in [-0.3, -0.25) is 4.79 Å². The first-order valence-corrected chi connectivity index (χ1v) is 6.61. The van der Waals surface area contributed by atoms with Crippen LogP contribution in [-0.4, -0.2) is 23.7 Å². The van der Waals surface area contributed by atoms with Gasteiger partial charge in [0.05, 0.1) is 0 Å². The molecule has 3 nitrogen and oxygen atoms in total. The lowest BCUT2D eigenvalue weighted by atomic mass is 10.1. The van der Waals surface area contributed by atoms with Crippen LogP contribution in [0.5, 0.6) is 0 Å². The van der Waals surface area contributed by atoms with Crippen LogP contribution in [0.3, 0.4) is 0 Å². The average Bonchev–Trinajstić information content (AvgIpc) is 2.36. The van der Waals surface area contributed by atoms with Gasteiger partial charge in [0, 0.05) is 19.1 Å². The molecule has 100 valence electrons. The minimum atomic E-state index is 0.0665. The molecule has 0 heterocycles. The van der Waals surface area contributed by atoms with Gasteiger partial charge in [-0.05, 0) is 31.7 Å². The molecule has 0 saturated heterocycles. The van der Waals surface area contributed by atoms with E-state index in [0.29, 0.717) is 12.8 Å². The van der Waals surface area contributed by atoms with Crippen LogP contribution >= 0.6 is 0 Å². The van der Waals surface area contributed by atoms with Gasteiger partial charge in [0.1, 0.15) is 0 Å². The van der Waals surface area contributed by atoms with E-state index >= 15 is 0 Å². The lowest BCUT2D eigenvalue weighted by Crippen LogP contribution is -2.35. The number of rotatable bonds is 7. The third-order valence-electron chi connectivity index (χ3n) is 3.06. The summed E-state index contributed by atoms with van der Waals surface area (Å²) in [5.41, 5.74) is 2.42. The van der Waals surface area contributed by atoms with Gasteiger partial charge in [0.25, 0.3) is 0 Å². The van der Waals surface area contributed by atoms with Crippen molar-refractivity contribution in [1.82, 2.24) is 5.32 Å². The number of carbonyl (C=O) groups excluding carboxylic acids is 1. The van der Waals surface area contributed by atoms with E-state index in [2.05, 4.69) is 24.4 Å². The fourth-order valence-electron chi connectivity index (χ4n) is 1.96. The van der Waals surface area contributed by atoms with Crippen LogP contribution in [0.4, 0.5) is 0 Å². The van der Waals surface area contributed by atoms with E-state index in [9.17, 15) is 4.79 Å². The summed E-state index contributed by atoms with van der Waals surface area (Å²) >= 11 is 0. The van der Waals surface area contributed by atoms with E-state index in [1.54, 1.807) is 0 Å². The van der Waals surface area contributed by atoms with Crippen LogP contribution in [-0.2, 0) is 11.2 Å². The molecule has 3 heteroatoms. The Morgan fingerprint density at radius 1 is 1.44 bits per heavy atom. The standard InChI is InChI=1S/C15H23NO2/c1-3-14(9-10-17)16-15(18)8-7-13-6-4-5-12(2)11-13/h4-6,11,14,17H,3,7-10H2,1-2H3,(H,16,18). The molecule has 0 aromatic heterocycles. The highest BCUT2D eigenvalue weighted by Crippen LogP contribution is 2.07. The highest BCUT2D eigenvalue weighted by Gasteiger charge is 2.09. The average molecular weight is 249 g/mol. The minimum Gasteiger partial charge on any atom is -0.396 e. The number of aliphatic hydroxyl groups excluding tert-OH is 1. The monoisotopic (exact) mass is 249 g/mol. The fraction of sp³-hybridized carbons (Fsp3) is 0.533. The topological polar surface area (TPSA) is 49.3 Å². The molecule has 0 aliphatic heterocycles. The molecule has 18 heavy (non-hydrogen) atoms. The molecule has 0 spiro atoms. The van der Waals surface area contributed by atoms with Crippen molar-refractivity contribution in [3.05, 3.63) is 35.4 Å². The van der Waals surface area contributed by atoms with Crippen LogP contribution in [0.15, 0.2) is 24.3 Å². The van der Waals surface area contributed by atoms with E-state index in [0.717, 1.165) is 12.8 Å². The Labute approximate surface area is 109 Å². The van der Waals surface area contributed by atoms with Crippen LogP contribution < -0.4 is 5.32 Å². The molecule has 1 unspecified atom stereocenters. The predicted octanol–water partition coefficient (Wildman–Crippen LogP) is 2.20. The van der Waals surface area contributed by atoms with Gasteiger partial charge >= 0.3 is 0 Å². The summed E-state index contributed by atoms with van der Waals surface area (Å²) < 4.78 is 0. The van der Waals surface area contributed by atoms with Gasteiger partial charge in [-0.1, -0.05) is 36.8 Å². The van der Waals surface area contributed by atoms with Gasteiger partial charge < -0.3 is 10.4 Å². The maximum Gasteiger partial charge on any atom is 0.220 e. The summed E-state index contributed by atoms with van der Waals surface area (Å²) in [6.07, 6.45) is 2.76. The fourth-order valence-corrected chi connectivity index (χ4v) is 1.96. The van der Waals surface area contributed by atoms with Crippen molar-refractivity contribution < 1.29 is 9.90 Å². The van der Waals surface area contributed by atoms with Crippen molar-refractivity contribution in [1.29, 1.82) is 0 Å². The molecule has 1 atom stereocenters. The summed E-state index contributed by atoms with van der Waals surface area (Å²) in [5.74, 6) is 0.0665. The first-order chi connectivity index (χ1) is 8.65. The van der Waals surface area contributed by atoms with Crippen LogP contribution in [0.1, 0.15) is 37.3 Å². The highest BCUT2D eigenvalue weighted by atomic mass is 16.3. The van der Waals surface area contributed by atoms with Crippen LogP contribution in [0, 0.1) is 6.92 Å². The molecule has 0 radical (unpaired) electrons. The molecular formula is C15H23NO2. The molecule has 1 aromatic carbocycles. The molecule has 0 aliphatic rings. The molecule has 0 saturated carbocycles. The number of carbonyl (C=O) groups is 1. The SMILES string of the molecule is CCC(CCO)NC(=O)CCc1cccc(C)c1. The lowest BCUT2D eigenvalue weighted by molar-refractivity contribution is -0.121. The van der Waals surface area contributed by atoms with Gasteiger partial charge in [-0.15, -0.1) is 0 Å². The molecular weight excluding hydrogens is 226 g/mol. The van der Waals surface area contributed by atoms with Gasteiger partial charge in [0.2, 0.25) is 5.91 Å². The van der Waals surface area contributed by atoms with Gasteiger partial charge in [-0.2, -0.15) is 0 Å². The molecule has 1 amide bonds. The van der Waals surface area contributed by atoms with Crippen LogP contribution in [0.2, 0.25) is 0 Å². The molecule has 1 rings (SSSR count).